The van der Waals surface area contributed by atoms with E-state index >= 15 is 0 Å². The van der Waals surface area contributed by atoms with Gasteiger partial charge in [-0.1, -0.05) is 35.9 Å². The minimum absolute atomic E-state index is 0.0686. The molecule has 2 amide bonds. The van der Waals surface area contributed by atoms with Gasteiger partial charge in [-0.15, -0.1) is 11.3 Å². The van der Waals surface area contributed by atoms with Crippen molar-refractivity contribution < 1.29 is 18.7 Å². The van der Waals surface area contributed by atoms with E-state index in [4.69, 9.17) is 4.74 Å². The van der Waals surface area contributed by atoms with Gasteiger partial charge in [0.15, 0.2) is 0 Å². The molecule has 5 nitrogen and oxygen atoms in total. The summed E-state index contributed by atoms with van der Waals surface area (Å²) in [6, 6.07) is 15.8. The van der Waals surface area contributed by atoms with E-state index in [1.807, 2.05) is 11.8 Å². The highest BCUT2D eigenvalue weighted by molar-refractivity contribution is 7.10. The molecule has 1 aliphatic heterocycles. The number of carbonyl (C=O) groups is 2. The van der Waals surface area contributed by atoms with Crippen molar-refractivity contribution in [2.24, 2.45) is 0 Å². The highest BCUT2D eigenvalue weighted by Gasteiger charge is 2.34. The lowest BCUT2D eigenvalue weighted by molar-refractivity contribution is -0.134. The number of ether oxygens (including phenoxy) is 1. The molecule has 3 aromatic rings. The fraction of sp³-hybridized carbons (Fsp3) is 0.333. The fourth-order valence-electron chi connectivity index (χ4n) is 4.40. The van der Waals surface area contributed by atoms with Crippen LogP contribution in [0.1, 0.15) is 44.4 Å². The summed E-state index contributed by atoms with van der Waals surface area (Å²) in [6.45, 7) is 3.38. The lowest BCUT2D eigenvalue weighted by atomic mass is 9.92. The number of hydrogen-bond donors (Lipinski definition) is 0. The van der Waals surface area contributed by atoms with E-state index in [9.17, 15) is 14.0 Å². The minimum Gasteiger partial charge on any atom is -0.385 e. The molecule has 0 saturated heterocycles. The van der Waals surface area contributed by atoms with E-state index in [-0.39, 0.29) is 30.0 Å². The van der Waals surface area contributed by atoms with Gasteiger partial charge in [-0.2, -0.15) is 0 Å². The Morgan fingerprint density at radius 3 is 2.71 bits per heavy atom. The molecule has 178 valence electrons. The number of thiophene rings is 1. The molecule has 2 heterocycles. The number of aryl methyl sites for hydroxylation is 1. The van der Waals surface area contributed by atoms with Crippen molar-refractivity contribution in [2.45, 2.75) is 25.8 Å². The molecular weight excluding hydrogens is 451 g/mol. The standard InChI is InChI=1S/C27H29FN2O3S/c1-19-7-9-20(10-8-19)26-23-12-16-34-24(23)11-14-30(26)25(31)18-29(13-4-15-33-2)27(32)21-5-3-6-22(28)17-21/h3,5-10,12,16-17,26H,4,11,13-15,18H2,1-2H3. The largest absolute Gasteiger partial charge is 0.385 e. The van der Waals surface area contributed by atoms with Crippen molar-refractivity contribution in [3.05, 3.63) is 92.9 Å². The number of fused-ring (bicyclic) bond motifs is 1. The summed E-state index contributed by atoms with van der Waals surface area (Å²) in [6.07, 6.45) is 1.38. The Labute approximate surface area is 203 Å². The van der Waals surface area contributed by atoms with Crippen LogP contribution in [0.4, 0.5) is 4.39 Å². The van der Waals surface area contributed by atoms with E-state index in [0.29, 0.717) is 26.1 Å². The third kappa shape index (κ3) is 5.37. The average molecular weight is 481 g/mol. The normalized spacial score (nSPS) is 15.1. The molecule has 7 heteroatoms. The van der Waals surface area contributed by atoms with Crippen molar-refractivity contribution in [3.8, 4) is 0 Å². The zero-order valence-electron chi connectivity index (χ0n) is 19.5. The highest BCUT2D eigenvalue weighted by Crippen LogP contribution is 2.38. The zero-order chi connectivity index (χ0) is 24.1. The maximum absolute atomic E-state index is 13.8. The number of nitrogens with zero attached hydrogens (tertiary/aromatic N) is 2. The molecule has 0 spiro atoms. The van der Waals surface area contributed by atoms with E-state index in [1.54, 1.807) is 24.5 Å². The molecule has 0 radical (unpaired) electrons. The van der Waals surface area contributed by atoms with Crippen LogP contribution >= 0.6 is 11.3 Å². The number of hydrogen-bond acceptors (Lipinski definition) is 4. The van der Waals surface area contributed by atoms with Crippen molar-refractivity contribution in [3.63, 3.8) is 0 Å². The van der Waals surface area contributed by atoms with Crippen LogP contribution in [0.15, 0.2) is 60.0 Å². The van der Waals surface area contributed by atoms with E-state index in [0.717, 1.165) is 23.1 Å². The molecule has 1 atom stereocenters. The second-order valence-corrected chi connectivity index (χ2v) is 9.53. The Hall–Kier alpha value is -3.03. The summed E-state index contributed by atoms with van der Waals surface area (Å²) >= 11 is 1.72. The molecule has 1 aliphatic rings. The van der Waals surface area contributed by atoms with Crippen molar-refractivity contribution in [1.82, 2.24) is 9.80 Å². The lowest BCUT2D eigenvalue weighted by Crippen LogP contribution is -2.47. The van der Waals surface area contributed by atoms with Gasteiger partial charge >= 0.3 is 0 Å². The van der Waals surface area contributed by atoms with Gasteiger partial charge in [-0.25, -0.2) is 4.39 Å². The first-order chi connectivity index (χ1) is 16.5. The number of carbonyl (C=O) groups excluding carboxylic acids is 2. The summed E-state index contributed by atoms with van der Waals surface area (Å²) in [5, 5.41) is 2.07. The molecule has 0 saturated carbocycles. The van der Waals surface area contributed by atoms with Crippen molar-refractivity contribution in [2.75, 3.05) is 33.4 Å². The molecule has 0 bridgehead atoms. The zero-order valence-corrected chi connectivity index (χ0v) is 20.3. The van der Waals surface area contributed by atoms with Gasteiger partial charge < -0.3 is 14.5 Å². The molecule has 0 N–H and O–H groups in total. The molecule has 1 aromatic heterocycles. The highest BCUT2D eigenvalue weighted by atomic mass is 32.1. The SMILES string of the molecule is COCCCN(CC(=O)N1CCc2sccc2C1c1ccc(C)cc1)C(=O)c1cccc(F)c1. The number of benzene rings is 2. The van der Waals surface area contributed by atoms with Crippen LogP contribution in [-0.4, -0.2) is 55.0 Å². The number of methoxy groups -OCH3 is 1. The van der Waals surface area contributed by atoms with Crippen molar-refractivity contribution in [1.29, 1.82) is 0 Å². The molecular formula is C27H29FN2O3S. The second-order valence-electron chi connectivity index (χ2n) is 8.53. The Kier molecular flexibility index (Phi) is 7.75. The van der Waals surface area contributed by atoms with Crippen LogP contribution in [0.2, 0.25) is 0 Å². The first-order valence-corrected chi connectivity index (χ1v) is 12.3. The van der Waals surface area contributed by atoms with E-state index < -0.39 is 5.82 Å². The smallest absolute Gasteiger partial charge is 0.254 e. The molecule has 0 fully saturated rings. The predicted molar refractivity (Wildman–Crippen MR) is 132 cm³/mol. The van der Waals surface area contributed by atoms with Gasteiger partial charge in [0, 0.05) is 37.2 Å². The topological polar surface area (TPSA) is 49.9 Å². The summed E-state index contributed by atoms with van der Waals surface area (Å²) in [5.74, 6) is -0.955. The first-order valence-electron chi connectivity index (χ1n) is 11.4. The Bertz CT molecular complexity index is 1140. The Morgan fingerprint density at radius 1 is 1.18 bits per heavy atom. The maximum atomic E-state index is 13.8. The van der Waals surface area contributed by atoms with Crippen LogP contribution in [-0.2, 0) is 16.0 Å². The Morgan fingerprint density at radius 2 is 1.97 bits per heavy atom. The predicted octanol–water partition coefficient (Wildman–Crippen LogP) is 4.85. The second kappa shape index (κ2) is 10.9. The third-order valence-corrected chi connectivity index (χ3v) is 7.14. The monoisotopic (exact) mass is 480 g/mol. The molecule has 1 unspecified atom stereocenters. The average Bonchev–Trinajstić information content (AvgIpc) is 3.32. The van der Waals surface area contributed by atoms with E-state index in [2.05, 4.69) is 35.7 Å². The third-order valence-electron chi connectivity index (χ3n) is 6.14. The summed E-state index contributed by atoms with van der Waals surface area (Å²) in [4.78, 5) is 31.5. The van der Waals surface area contributed by atoms with E-state index in [1.165, 1.54) is 28.0 Å². The summed E-state index contributed by atoms with van der Waals surface area (Å²) in [7, 11) is 1.60. The van der Waals surface area contributed by atoms with Crippen LogP contribution in [0.25, 0.3) is 0 Å². The fourth-order valence-corrected chi connectivity index (χ4v) is 5.31. The lowest BCUT2D eigenvalue weighted by Gasteiger charge is -2.37. The van der Waals surface area contributed by atoms with Gasteiger partial charge in [0.2, 0.25) is 5.91 Å². The number of halogens is 1. The molecule has 34 heavy (non-hydrogen) atoms. The van der Waals surface area contributed by atoms with Gasteiger partial charge in [-0.3, -0.25) is 9.59 Å². The van der Waals surface area contributed by atoms with Crippen LogP contribution in [0.5, 0.6) is 0 Å². The van der Waals surface area contributed by atoms with Crippen LogP contribution in [0.3, 0.4) is 0 Å². The molecule has 4 rings (SSSR count). The quantitative estimate of drug-likeness (QED) is 0.433. The van der Waals surface area contributed by atoms with Gasteiger partial charge in [0.05, 0.1) is 6.04 Å². The maximum Gasteiger partial charge on any atom is 0.254 e. The minimum atomic E-state index is -0.477. The van der Waals surface area contributed by atoms with Gasteiger partial charge in [0.1, 0.15) is 12.4 Å². The van der Waals surface area contributed by atoms with Gasteiger partial charge in [-0.05, 0) is 60.5 Å². The summed E-state index contributed by atoms with van der Waals surface area (Å²) in [5.41, 5.74) is 3.60. The van der Waals surface area contributed by atoms with Crippen molar-refractivity contribution >= 4 is 23.2 Å². The number of amides is 2. The number of rotatable bonds is 8. The van der Waals surface area contributed by atoms with Crippen LogP contribution in [0, 0.1) is 12.7 Å². The van der Waals surface area contributed by atoms with Crippen LogP contribution < -0.4 is 0 Å². The van der Waals surface area contributed by atoms with Gasteiger partial charge in [0.25, 0.3) is 5.91 Å². The molecule has 2 aromatic carbocycles. The summed E-state index contributed by atoms with van der Waals surface area (Å²) < 4.78 is 18.9. The Balaban J connectivity index is 1.60. The molecule has 0 aliphatic carbocycles. The first kappa shape index (κ1) is 24.1.